The second-order valence-corrected chi connectivity index (χ2v) is 11.8. The summed E-state index contributed by atoms with van der Waals surface area (Å²) in [7, 11) is -2.20. The zero-order chi connectivity index (χ0) is 27.2. The van der Waals surface area contributed by atoms with E-state index in [1.165, 1.54) is 4.90 Å². The van der Waals surface area contributed by atoms with Gasteiger partial charge in [0.15, 0.2) is 0 Å². The fourth-order valence-corrected chi connectivity index (χ4v) is 5.80. The van der Waals surface area contributed by atoms with E-state index in [9.17, 15) is 18.0 Å². The maximum absolute atomic E-state index is 13.9. The average molecular weight is 530 g/mol. The highest BCUT2D eigenvalue weighted by Crippen LogP contribution is 2.24. The minimum absolute atomic E-state index is 0.109. The molecule has 0 radical (unpaired) electrons. The van der Waals surface area contributed by atoms with Gasteiger partial charge in [0.2, 0.25) is 21.8 Å². The van der Waals surface area contributed by atoms with E-state index < -0.39 is 28.5 Å². The number of carbonyl (C=O) groups excluding carboxylic acids is 2. The lowest BCUT2D eigenvalue weighted by Crippen LogP contribution is -2.53. The number of amides is 2. The zero-order valence-electron chi connectivity index (χ0n) is 22.5. The fraction of sp³-hybridized carbons (Fsp3) is 0.500. The summed E-state index contributed by atoms with van der Waals surface area (Å²) in [5, 5.41) is 3.11. The van der Waals surface area contributed by atoms with Crippen LogP contribution in [-0.2, 0) is 26.2 Å². The van der Waals surface area contributed by atoms with Gasteiger partial charge in [-0.2, -0.15) is 0 Å². The van der Waals surface area contributed by atoms with Gasteiger partial charge in [-0.25, -0.2) is 8.42 Å². The number of carbonyl (C=O) groups is 2. The largest absolute Gasteiger partial charge is 0.497 e. The molecule has 0 heterocycles. The molecule has 1 saturated carbocycles. The van der Waals surface area contributed by atoms with Gasteiger partial charge < -0.3 is 15.0 Å². The number of benzene rings is 2. The molecule has 0 aliphatic heterocycles. The van der Waals surface area contributed by atoms with Crippen molar-refractivity contribution in [2.75, 3.05) is 24.2 Å². The van der Waals surface area contributed by atoms with Crippen molar-refractivity contribution in [1.82, 2.24) is 10.2 Å². The fourth-order valence-electron chi connectivity index (χ4n) is 4.96. The second kappa shape index (κ2) is 12.4. The van der Waals surface area contributed by atoms with Gasteiger partial charge in [-0.1, -0.05) is 38.0 Å². The number of nitrogens with zero attached hydrogens (tertiary/aromatic N) is 2. The van der Waals surface area contributed by atoms with Crippen LogP contribution in [0, 0.1) is 13.8 Å². The van der Waals surface area contributed by atoms with Crippen LogP contribution in [0.1, 0.15) is 55.7 Å². The third-order valence-electron chi connectivity index (χ3n) is 6.75. The van der Waals surface area contributed by atoms with Crippen LogP contribution in [0.5, 0.6) is 5.75 Å². The molecule has 0 aromatic heterocycles. The Labute approximate surface area is 221 Å². The maximum Gasteiger partial charge on any atom is 0.244 e. The molecule has 2 aromatic carbocycles. The first-order valence-electron chi connectivity index (χ1n) is 12.8. The molecule has 2 amide bonds. The van der Waals surface area contributed by atoms with Gasteiger partial charge in [0.05, 0.1) is 19.1 Å². The lowest BCUT2D eigenvalue weighted by atomic mass is 10.1. The summed E-state index contributed by atoms with van der Waals surface area (Å²) in [6, 6.07) is 12.1. The SMILES string of the molecule is CCC(C(=O)NC1CCCC1)N(Cc1cccc(OC)c1)C(=O)CN(c1cc(C)cc(C)c1)S(C)(=O)=O. The minimum atomic E-state index is -3.77. The van der Waals surface area contributed by atoms with E-state index in [4.69, 9.17) is 4.74 Å². The van der Waals surface area contributed by atoms with Gasteiger partial charge in [-0.15, -0.1) is 0 Å². The summed E-state index contributed by atoms with van der Waals surface area (Å²) in [4.78, 5) is 28.7. The molecule has 0 spiro atoms. The molecule has 2 aromatic rings. The van der Waals surface area contributed by atoms with E-state index in [2.05, 4.69) is 5.32 Å². The number of hydrogen-bond donors (Lipinski definition) is 1. The maximum atomic E-state index is 13.9. The Balaban J connectivity index is 1.95. The summed E-state index contributed by atoms with van der Waals surface area (Å²) >= 11 is 0. The monoisotopic (exact) mass is 529 g/mol. The van der Waals surface area contributed by atoms with Crippen LogP contribution in [0.2, 0.25) is 0 Å². The molecule has 0 bridgehead atoms. The lowest BCUT2D eigenvalue weighted by molar-refractivity contribution is -0.140. The number of ether oxygens (including phenoxy) is 1. The van der Waals surface area contributed by atoms with E-state index >= 15 is 0 Å². The van der Waals surface area contributed by atoms with Crippen molar-refractivity contribution in [2.45, 2.75) is 71.5 Å². The van der Waals surface area contributed by atoms with E-state index in [0.717, 1.165) is 52.9 Å². The number of rotatable bonds is 11. The molecule has 1 aliphatic rings. The van der Waals surface area contributed by atoms with Crippen molar-refractivity contribution >= 4 is 27.5 Å². The van der Waals surface area contributed by atoms with Gasteiger partial charge in [0, 0.05) is 12.6 Å². The minimum Gasteiger partial charge on any atom is -0.497 e. The molecule has 1 unspecified atom stereocenters. The highest BCUT2D eigenvalue weighted by molar-refractivity contribution is 7.92. The first-order chi connectivity index (χ1) is 17.5. The molecular weight excluding hydrogens is 490 g/mol. The van der Waals surface area contributed by atoms with Crippen LogP contribution < -0.4 is 14.4 Å². The number of sulfonamides is 1. The van der Waals surface area contributed by atoms with Gasteiger partial charge in [0.1, 0.15) is 18.3 Å². The molecule has 1 aliphatic carbocycles. The summed E-state index contributed by atoms with van der Waals surface area (Å²) in [6.45, 7) is 5.38. The van der Waals surface area contributed by atoms with Crippen molar-refractivity contribution in [2.24, 2.45) is 0 Å². The molecule has 9 heteroatoms. The molecule has 1 N–H and O–H groups in total. The Kier molecular flexibility index (Phi) is 9.59. The van der Waals surface area contributed by atoms with Crippen LogP contribution in [-0.4, -0.2) is 57.1 Å². The Morgan fingerprint density at radius 3 is 2.30 bits per heavy atom. The van der Waals surface area contributed by atoms with Crippen LogP contribution in [0.3, 0.4) is 0 Å². The lowest BCUT2D eigenvalue weighted by Gasteiger charge is -2.33. The Hall–Kier alpha value is -3.07. The zero-order valence-corrected chi connectivity index (χ0v) is 23.3. The molecule has 3 rings (SSSR count). The number of aryl methyl sites for hydroxylation is 2. The average Bonchev–Trinajstić information content (AvgIpc) is 3.34. The molecule has 1 fully saturated rings. The Morgan fingerprint density at radius 1 is 1.08 bits per heavy atom. The van der Waals surface area contributed by atoms with Crippen LogP contribution in [0.15, 0.2) is 42.5 Å². The molecule has 37 heavy (non-hydrogen) atoms. The van der Waals surface area contributed by atoms with E-state index in [-0.39, 0.29) is 18.5 Å². The van der Waals surface area contributed by atoms with Crippen molar-refractivity contribution in [3.63, 3.8) is 0 Å². The number of nitrogens with one attached hydrogen (secondary N) is 1. The van der Waals surface area contributed by atoms with Gasteiger partial charge in [0.25, 0.3) is 0 Å². The van der Waals surface area contributed by atoms with Gasteiger partial charge in [-0.05, 0) is 74.1 Å². The van der Waals surface area contributed by atoms with Crippen molar-refractivity contribution in [3.05, 3.63) is 59.2 Å². The smallest absolute Gasteiger partial charge is 0.244 e. The summed E-state index contributed by atoms with van der Waals surface area (Å²) in [6.07, 6.45) is 5.51. The third-order valence-corrected chi connectivity index (χ3v) is 7.89. The van der Waals surface area contributed by atoms with E-state index in [0.29, 0.717) is 17.9 Å². The Bertz CT molecular complexity index is 1190. The predicted octanol–water partition coefficient (Wildman–Crippen LogP) is 3.94. The Morgan fingerprint density at radius 2 is 1.73 bits per heavy atom. The second-order valence-electron chi connectivity index (χ2n) is 9.90. The van der Waals surface area contributed by atoms with E-state index in [1.807, 2.05) is 51.1 Å². The first kappa shape index (κ1) is 28.5. The molecule has 202 valence electrons. The van der Waals surface area contributed by atoms with Crippen LogP contribution >= 0.6 is 0 Å². The highest BCUT2D eigenvalue weighted by Gasteiger charge is 2.33. The van der Waals surface area contributed by atoms with Crippen molar-refractivity contribution in [1.29, 1.82) is 0 Å². The number of methoxy groups -OCH3 is 1. The molecule has 1 atom stereocenters. The number of anilines is 1. The van der Waals surface area contributed by atoms with Gasteiger partial charge >= 0.3 is 0 Å². The highest BCUT2D eigenvalue weighted by atomic mass is 32.2. The summed E-state index contributed by atoms with van der Waals surface area (Å²) < 4.78 is 32.1. The quantitative estimate of drug-likeness (QED) is 0.476. The van der Waals surface area contributed by atoms with Crippen LogP contribution in [0.25, 0.3) is 0 Å². The van der Waals surface area contributed by atoms with E-state index in [1.54, 1.807) is 19.2 Å². The summed E-state index contributed by atoms with van der Waals surface area (Å²) in [5.74, 6) is -0.00914. The normalized spacial score (nSPS) is 14.7. The standard InChI is InChI=1S/C28H39N3O5S/c1-6-26(28(33)29-23-11-7-8-12-23)30(18-22-10-9-13-25(17-22)36-4)27(32)19-31(37(5,34)35)24-15-20(2)14-21(3)16-24/h9-10,13-17,23,26H,6-8,11-12,18-19H2,1-5H3,(H,29,33). The first-order valence-corrected chi connectivity index (χ1v) is 14.7. The number of hydrogen-bond acceptors (Lipinski definition) is 5. The van der Waals surface area contributed by atoms with Gasteiger partial charge in [-0.3, -0.25) is 13.9 Å². The van der Waals surface area contributed by atoms with Crippen molar-refractivity contribution < 1.29 is 22.7 Å². The summed E-state index contributed by atoms with van der Waals surface area (Å²) in [5.41, 5.74) is 3.01. The van der Waals surface area contributed by atoms with Crippen LogP contribution in [0.4, 0.5) is 5.69 Å². The van der Waals surface area contributed by atoms with Crippen molar-refractivity contribution in [3.8, 4) is 5.75 Å². The molecule has 8 nitrogen and oxygen atoms in total. The topological polar surface area (TPSA) is 96.0 Å². The molecular formula is C28H39N3O5S. The molecule has 0 saturated heterocycles. The predicted molar refractivity (Wildman–Crippen MR) is 146 cm³/mol. The third kappa shape index (κ3) is 7.71.